The molecule has 0 aliphatic heterocycles. The summed E-state index contributed by atoms with van der Waals surface area (Å²) in [6.45, 7) is 5.74. The Morgan fingerprint density at radius 2 is 2.19 bits per heavy atom. The van der Waals surface area contributed by atoms with E-state index < -0.39 is 0 Å². The Balaban J connectivity index is 1.98. The first-order valence-corrected chi connectivity index (χ1v) is 7.85. The first-order valence-electron chi connectivity index (χ1n) is 6.65. The summed E-state index contributed by atoms with van der Waals surface area (Å²) in [5.74, 6) is -0.150. The standard InChI is InChI=1S/C14H17ClN4OS/c1-4-12-18-19-14(21-12)17-13(20)9(3)16-11-6-5-10(15)7-8(11)2/h5-7,9,16H,4H2,1-3H3,(H,17,19,20)/t9-/m1/s1. The number of halogens is 1. The Morgan fingerprint density at radius 3 is 2.81 bits per heavy atom. The third-order valence-electron chi connectivity index (χ3n) is 2.95. The molecule has 2 rings (SSSR count). The summed E-state index contributed by atoms with van der Waals surface area (Å²) in [5.41, 5.74) is 1.87. The molecule has 0 fully saturated rings. The van der Waals surface area contributed by atoms with Gasteiger partial charge in [-0.2, -0.15) is 0 Å². The van der Waals surface area contributed by atoms with Gasteiger partial charge in [0.2, 0.25) is 11.0 Å². The normalized spacial score (nSPS) is 12.0. The van der Waals surface area contributed by atoms with E-state index in [1.54, 1.807) is 13.0 Å². The molecule has 5 nitrogen and oxygen atoms in total. The van der Waals surface area contributed by atoms with Crippen molar-refractivity contribution in [2.24, 2.45) is 0 Å². The van der Waals surface area contributed by atoms with E-state index in [0.717, 1.165) is 22.7 Å². The molecule has 0 aliphatic rings. The van der Waals surface area contributed by atoms with Gasteiger partial charge in [-0.25, -0.2) is 0 Å². The van der Waals surface area contributed by atoms with Crippen molar-refractivity contribution in [3.63, 3.8) is 0 Å². The van der Waals surface area contributed by atoms with Crippen LogP contribution in [0.25, 0.3) is 0 Å². The largest absolute Gasteiger partial charge is 0.374 e. The Hall–Kier alpha value is -1.66. The molecule has 0 saturated heterocycles. The lowest BCUT2D eigenvalue weighted by Crippen LogP contribution is -2.32. The minimum atomic E-state index is -0.390. The SMILES string of the molecule is CCc1nnc(NC(=O)[C@@H](C)Nc2ccc(Cl)cc2C)s1. The lowest BCUT2D eigenvalue weighted by atomic mass is 10.2. The smallest absolute Gasteiger partial charge is 0.248 e. The first kappa shape index (κ1) is 15.7. The summed E-state index contributed by atoms with van der Waals surface area (Å²) in [4.78, 5) is 12.1. The monoisotopic (exact) mass is 324 g/mol. The van der Waals surface area contributed by atoms with E-state index in [4.69, 9.17) is 11.6 Å². The quantitative estimate of drug-likeness (QED) is 0.883. The van der Waals surface area contributed by atoms with Crippen LogP contribution in [0.15, 0.2) is 18.2 Å². The lowest BCUT2D eigenvalue weighted by molar-refractivity contribution is -0.116. The van der Waals surface area contributed by atoms with E-state index in [2.05, 4.69) is 20.8 Å². The van der Waals surface area contributed by atoms with Crippen LogP contribution in [0.3, 0.4) is 0 Å². The topological polar surface area (TPSA) is 66.9 Å². The van der Waals surface area contributed by atoms with Gasteiger partial charge in [-0.05, 0) is 44.0 Å². The maximum atomic E-state index is 12.1. The van der Waals surface area contributed by atoms with Gasteiger partial charge in [0, 0.05) is 10.7 Å². The molecule has 0 bridgehead atoms. The molecule has 112 valence electrons. The fourth-order valence-electron chi connectivity index (χ4n) is 1.75. The Bertz CT molecular complexity index is 644. The van der Waals surface area contributed by atoms with Crippen LogP contribution in [0.2, 0.25) is 5.02 Å². The zero-order valence-corrected chi connectivity index (χ0v) is 13.7. The number of benzene rings is 1. The first-order chi connectivity index (χ1) is 9.99. The van der Waals surface area contributed by atoms with Crippen molar-refractivity contribution in [3.05, 3.63) is 33.8 Å². The maximum absolute atomic E-state index is 12.1. The summed E-state index contributed by atoms with van der Waals surface area (Å²) >= 11 is 7.31. The average molecular weight is 325 g/mol. The second-order valence-corrected chi connectivity index (χ2v) is 6.17. The van der Waals surface area contributed by atoms with Crippen molar-refractivity contribution in [2.75, 3.05) is 10.6 Å². The number of amides is 1. The fraction of sp³-hybridized carbons (Fsp3) is 0.357. The molecule has 1 atom stereocenters. The van der Waals surface area contributed by atoms with Gasteiger partial charge >= 0.3 is 0 Å². The average Bonchev–Trinajstić information content (AvgIpc) is 2.89. The molecule has 7 heteroatoms. The van der Waals surface area contributed by atoms with Crippen LogP contribution in [0.5, 0.6) is 0 Å². The van der Waals surface area contributed by atoms with Crippen molar-refractivity contribution in [1.82, 2.24) is 10.2 Å². The van der Waals surface area contributed by atoms with Gasteiger partial charge in [0.25, 0.3) is 0 Å². The van der Waals surface area contributed by atoms with E-state index in [-0.39, 0.29) is 11.9 Å². The molecule has 1 aromatic heterocycles. The van der Waals surface area contributed by atoms with Gasteiger partial charge in [0.1, 0.15) is 11.0 Å². The third kappa shape index (κ3) is 4.15. The molecule has 0 aliphatic carbocycles. The summed E-state index contributed by atoms with van der Waals surface area (Å²) in [6, 6.07) is 5.12. The van der Waals surface area contributed by atoms with E-state index in [0.29, 0.717) is 10.2 Å². The molecule has 1 amide bonds. The number of hydrogen-bond acceptors (Lipinski definition) is 5. The maximum Gasteiger partial charge on any atom is 0.248 e. The molecule has 21 heavy (non-hydrogen) atoms. The number of rotatable bonds is 5. The number of nitrogens with one attached hydrogen (secondary N) is 2. The van der Waals surface area contributed by atoms with Gasteiger partial charge in [-0.3, -0.25) is 10.1 Å². The van der Waals surface area contributed by atoms with E-state index in [1.807, 2.05) is 26.0 Å². The second kappa shape index (κ2) is 6.87. The summed E-state index contributed by atoms with van der Waals surface area (Å²) in [7, 11) is 0. The molecule has 0 radical (unpaired) electrons. The predicted octanol–water partition coefficient (Wildman–Crippen LogP) is 3.50. The summed E-state index contributed by atoms with van der Waals surface area (Å²) < 4.78 is 0. The highest BCUT2D eigenvalue weighted by atomic mass is 35.5. The van der Waals surface area contributed by atoms with Crippen LogP contribution >= 0.6 is 22.9 Å². The zero-order valence-electron chi connectivity index (χ0n) is 12.1. The van der Waals surface area contributed by atoms with Crippen LogP contribution in [0.1, 0.15) is 24.4 Å². The number of aryl methyl sites for hydroxylation is 2. The Morgan fingerprint density at radius 1 is 1.43 bits per heavy atom. The Labute approximate surface area is 132 Å². The highest BCUT2D eigenvalue weighted by molar-refractivity contribution is 7.15. The van der Waals surface area contributed by atoms with Crippen molar-refractivity contribution in [1.29, 1.82) is 0 Å². The second-order valence-electron chi connectivity index (χ2n) is 4.67. The van der Waals surface area contributed by atoms with E-state index >= 15 is 0 Å². The van der Waals surface area contributed by atoms with Crippen molar-refractivity contribution in [3.8, 4) is 0 Å². The predicted molar refractivity (Wildman–Crippen MR) is 87.2 cm³/mol. The van der Waals surface area contributed by atoms with Crippen molar-refractivity contribution in [2.45, 2.75) is 33.2 Å². The van der Waals surface area contributed by atoms with Gasteiger partial charge < -0.3 is 5.32 Å². The van der Waals surface area contributed by atoms with Gasteiger partial charge in [-0.1, -0.05) is 29.9 Å². The van der Waals surface area contributed by atoms with E-state index in [1.165, 1.54) is 11.3 Å². The number of aromatic nitrogens is 2. The van der Waals surface area contributed by atoms with Crippen LogP contribution in [-0.4, -0.2) is 22.1 Å². The minimum absolute atomic E-state index is 0.150. The zero-order chi connectivity index (χ0) is 15.4. The summed E-state index contributed by atoms with van der Waals surface area (Å²) in [5, 5.41) is 15.9. The van der Waals surface area contributed by atoms with Gasteiger partial charge in [0.05, 0.1) is 0 Å². The molecule has 1 aromatic carbocycles. The van der Waals surface area contributed by atoms with Crippen LogP contribution in [-0.2, 0) is 11.2 Å². The van der Waals surface area contributed by atoms with E-state index in [9.17, 15) is 4.79 Å². The molecular weight excluding hydrogens is 308 g/mol. The van der Waals surface area contributed by atoms with Gasteiger partial charge in [0.15, 0.2) is 0 Å². The van der Waals surface area contributed by atoms with Crippen molar-refractivity contribution < 1.29 is 4.79 Å². The molecular formula is C14H17ClN4OS. The lowest BCUT2D eigenvalue weighted by Gasteiger charge is -2.16. The molecule has 1 heterocycles. The van der Waals surface area contributed by atoms with Crippen LogP contribution in [0.4, 0.5) is 10.8 Å². The van der Waals surface area contributed by atoms with Gasteiger partial charge in [-0.15, -0.1) is 10.2 Å². The molecule has 0 spiro atoms. The number of anilines is 2. The van der Waals surface area contributed by atoms with Crippen LogP contribution in [0, 0.1) is 6.92 Å². The third-order valence-corrected chi connectivity index (χ3v) is 4.17. The highest BCUT2D eigenvalue weighted by Crippen LogP contribution is 2.21. The minimum Gasteiger partial charge on any atom is -0.374 e. The summed E-state index contributed by atoms with van der Waals surface area (Å²) in [6.07, 6.45) is 0.811. The molecule has 2 aromatic rings. The fourth-order valence-corrected chi connectivity index (χ4v) is 2.66. The molecule has 0 unspecified atom stereocenters. The highest BCUT2D eigenvalue weighted by Gasteiger charge is 2.15. The van der Waals surface area contributed by atoms with Crippen molar-refractivity contribution >= 4 is 39.7 Å². The number of carbonyl (C=O) groups is 1. The number of nitrogens with zero attached hydrogens (tertiary/aromatic N) is 2. The number of carbonyl (C=O) groups excluding carboxylic acids is 1. The molecule has 0 saturated carbocycles. The Kier molecular flexibility index (Phi) is 5.14. The number of hydrogen-bond donors (Lipinski definition) is 2. The molecule has 2 N–H and O–H groups in total. The van der Waals surface area contributed by atoms with Crippen LogP contribution < -0.4 is 10.6 Å².